The maximum Gasteiger partial charge on any atom is 0.160 e. The number of hydrogen-bond donors (Lipinski definition) is 0. The molecule has 0 fully saturated rings. The molecular formula is C36H22IN3S. The minimum atomic E-state index is -0.464. The van der Waals surface area contributed by atoms with Gasteiger partial charge >= 0.3 is 0 Å². The van der Waals surface area contributed by atoms with Crippen molar-refractivity contribution in [2.75, 3.05) is 0 Å². The molecule has 3 heterocycles. The second-order valence-electron chi connectivity index (χ2n) is 9.81. The highest BCUT2D eigenvalue weighted by Gasteiger charge is 2.19. The largest absolute Gasteiger partial charge is 0.242 e. The summed E-state index contributed by atoms with van der Waals surface area (Å²) in [4.78, 5) is 15.3. The van der Waals surface area contributed by atoms with E-state index in [9.17, 15) is 0 Å². The minimum absolute atomic E-state index is 0.464. The van der Waals surface area contributed by atoms with E-state index in [2.05, 4.69) is 115 Å². The standard InChI is InChI=1S/C36H22IN3S/c1-3-11-23(12-4-1)31-27-15-7-9-17-29(27)38-35(37-31)25-21-19-24(20-22-25)32-34-33(28-16-8-10-18-30(28)41-34)40-36(39-32)26-13-5-2-6-14-26/h1-22H. The number of hydrogen-bond acceptors (Lipinski definition) is 4. The van der Waals surface area contributed by atoms with Gasteiger partial charge in [-0.1, -0.05) is 142 Å². The zero-order chi connectivity index (χ0) is 27.2. The van der Waals surface area contributed by atoms with Gasteiger partial charge in [-0.25, -0.2) is 15.0 Å². The number of rotatable bonds is 4. The number of nitrogens with zero attached hydrogens (tertiary/aromatic N) is 3. The molecule has 1 aliphatic rings. The zero-order valence-corrected chi connectivity index (χ0v) is 24.8. The Morgan fingerprint density at radius 1 is 0.537 bits per heavy atom. The van der Waals surface area contributed by atoms with Crippen LogP contribution in [0.1, 0.15) is 16.7 Å². The summed E-state index contributed by atoms with van der Waals surface area (Å²) >= 11 is 1.30. The van der Waals surface area contributed by atoms with E-state index in [1.165, 1.54) is 34.0 Å². The molecule has 0 spiro atoms. The van der Waals surface area contributed by atoms with Crippen LogP contribution in [0, 0.1) is 0 Å². The highest BCUT2D eigenvalue weighted by Crippen LogP contribution is 2.40. The maximum absolute atomic E-state index is 5.15. The van der Waals surface area contributed by atoms with E-state index in [0.717, 1.165) is 38.5 Å². The van der Waals surface area contributed by atoms with E-state index in [1.807, 2.05) is 18.2 Å². The van der Waals surface area contributed by atoms with Gasteiger partial charge in [0.1, 0.15) is 3.72 Å². The van der Waals surface area contributed by atoms with Gasteiger partial charge in [0, 0.05) is 35.8 Å². The molecule has 0 saturated carbocycles. The summed E-state index contributed by atoms with van der Waals surface area (Å²) in [6.45, 7) is 0. The third-order valence-electron chi connectivity index (χ3n) is 7.22. The summed E-state index contributed by atoms with van der Waals surface area (Å²) in [5.41, 5.74) is 8.87. The Labute approximate surface area is 251 Å². The molecule has 0 N–H and O–H groups in total. The average molecular weight is 656 g/mol. The molecule has 7 aromatic rings. The number of halogens is 1. The van der Waals surface area contributed by atoms with Gasteiger partial charge < -0.3 is 0 Å². The number of fused-ring (bicyclic) bond motifs is 4. The van der Waals surface area contributed by atoms with Crippen LogP contribution in [-0.4, -0.2) is 17.2 Å². The first kappa shape index (κ1) is 24.5. The summed E-state index contributed by atoms with van der Waals surface area (Å²) in [7, 11) is 0. The van der Waals surface area contributed by atoms with Gasteiger partial charge in [0.2, 0.25) is 0 Å². The third-order valence-corrected chi connectivity index (χ3v) is 11.5. The Bertz CT molecular complexity index is 2130. The third kappa shape index (κ3) is 4.42. The van der Waals surface area contributed by atoms with E-state index in [1.54, 1.807) is 11.3 Å². The van der Waals surface area contributed by atoms with Crippen LogP contribution in [0.4, 0.5) is 5.69 Å². The first-order valence-electron chi connectivity index (χ1n) is 13.4. The van der Waals surface area contributed by atoms with Crippen LogP contribution in [0.3, 0.4) is 0 Å². The number of thiophene rings is 1. The first-order valence-corrected chi connectivity index (χ1v) is 16.4. The minimum Gasteiger partial charge on any atom is -0.242 e. The Kier molecular flexibility index (Phi) is 6.12. The lowest BCUT2D eigenvalue weighted by Crippen LogP contribution is -2.07. The van der Waals surface area contributed by atoms with E-state index < -0.39 is 20.7 Å². The van der Waals surface area contributed by atoms with Gasteiger partial charge in [0.25, 0.3) is 0 Å². The van der Waals surface area contributed by atoms with Crippen molar-refractivity contribution >= 4 is 65.3 Å². The fourth-order valence-electron chi connectivity index (χ4n) is 5.21. The van der Waals surface area contributed by atoms with Gasteiger partial charge in [-0.3, -0.25) is 0 Å². The predicted octanol–water partition coefficient (Wildman–Crippen LogP) is 9.81. The summed E-state index contributed by atoms with van der Waals surface area (Å²) in [6, 6.07) is 46.8. The predicted molar refractivity (Wildman–Crippen MR) is 182 cm³/mol. The van der Waals surface area contributed by atoms with Crippen molar-refractivity contribution in [2.45, 2.75) is 0 Å². The van der Waals surface area contributed by atoms with E-state index in [0.29, 0.717) is 0 Å². The van der Waals surface area contributed by atoms with Crippen LogP contribution in [0.15, 0.2) is 138 Å². The summed E-state index contributed by atoms with van der Waals surface area (Å²) in [5.74, 6) is 0.752. The van der Waals surface area contributed by atoms with Gasteiger partial charge in [0.15, 0.2) is 5.82 Å². The zero-order valence-electron chi connectivity index (χ0n) is 21.8. The Morgan fingerprint density at radius 3 is 2.00 bits per heavy atom. The summed E-state index contributed by atoms with van der Waals surface area (Å²) in [6.07, 6.45) is 0. The molecule has 0 amide bonds. The second kappa shape index (κ2) is 10.3. The van der Waals surface area contributed by atoms with Gasteiger partial charge in [-0.05, 0) is 17.7 Å². The van der Waals surface area contributed by atoms with Crippen molar-refractivity contribution in [3.8, 4) is 22.6 Å². The Hall–Kier alpha value is -4.33. The lowest BCUT2D eigenvalue weighted by atomic mass is 10.0. The van der Waals surface area contributed by atoms with Crippen molar-refractivity contribution in [3.05, 3.63) is 150 Å². The molecule has 0 bridgehead atoms. The second-order valence-corrected chi connectivity index (χ2v) is 13.5. The Morgan fingerprint density at radius 2 is 1.20 bits per heavy atom. The average Bonchev–Trinajstić information content (AvgIpc) is 3.43. The van der Waals surface area contributed by atoms with E-state index >= 15 is 0 Å². The van der Waals surface area contributed by atoms with Gasteiger partial charge in [0.05, 0.1) is 21.6 Å². The van der Waals surface area contributed by atoms with Crippen molar-refractivity contribution in [3.63, 3.8) is 0 Å². The molecule has 194 valence electrons. The molecule has 0 radical (unpaired) electrons. The fraction of sp³-hybridized carbons (Fsp3) is 0. The van der Waals surface area contributed by atoms with Crippen molar-refractivity contribution in [2.24, 2.45) is 4.99 Å². The quantitative estimate of drug-likeness (QED) is 0.177. The molecule has 8 rings (SSSR count). The molecule has 0 unspecified atom stereocenters. The molecular weight excluding hydrogens is 633 g/mol. The highest BCUT2D eigenvalue weighted by molar-refractivity contribution is 14.2. The molecule has 2 aromatic heterocycles. The van der Waals surface area contributed by atoms with E-state index in [4.69, 9.17) is 15.0 Å². The molecule has 1 aliphatic heterocycles. The number of benzene rings is 5. The Balaban J connectivity index is 1.26. The first-order chi connectivity index (χ1) is 20.3. The summed E-state index contributed by atoms with van der Waals surface area (Å²) < 4.78 is 4.95. The molecule has 3 nitrogen and oxygen atoms in total. The molecule has 41 heavy (non-hydrogen) atoms. The van der Waals surface area contributed by atoms with Crippen molar-refractivity contribution < 1.29 is 0 Å². The van der Waals surface area contributed by atoms with Crippen LogP contribution in [0.25, 0.3) is 42.9 Å². The monoisotopic (exact) mass is 655 g/mol. The van der Waals surface area contributed by atoms with Crippen molar-refractivity contribution in [1.82, 2.24) is 9.97 Å². The van der Waals surface area contributed by atoms with Crippen LogP contribution in [0.2, 0.25) is 0 Å². The van der Waals surface area contributed by atoms with Crippen LogP contribution < -0.4 is 0 Å². The highest BCUT2D eigenvalue weighted by atomic mass is 127. The van der Waals surface area contributed by atoms with Crippen molar-refractivity contribution in [1.29, 1.82) is 0 Å². The van der Waals surface area contributed by atoms with Crippen LogP contribution in [0.5, 0.6) is 0 Å². The SMILES string of the molecule is c1ccc(C2=IC(c3ccc(-c4nc(-c5ccccc5)nc5c4sc4ccccc45)cc3)=Nc3ccccc32)cc1. The molecule has 0 atom stereocenters. The van der Waals surface area contributed by atoms with E-state index in [-0.39, 0.29) is 0 Å². The fourth-order valence-corrected chi connectivity index (χ4v) is 9.34. The normalized spacial score (nSPS) is 12.9. The maximum atomic E-state index is 5.15. The van der Waals surface area contributed by atoms with Gasteiger partial charge in [-0.2, -0.15) is 0 Å². The van der Waals surface area contributed by atoms with Crippen LogP contribution in [-0.2, 0) is 0 Å². The lowest BCUT2D eigenvalue weighted by molar-refractivity contribution is 1.24. The van der Waals surface area contributed by atoms with Crippen LogP contribution >= 0.6 is 32.1 Å². The van der Waals surface area contributed by atoms with Gasteiger partial charge in [-0.15, -0.1) is 11.3 Å². The molecule has 5 heteroatoms. The number of para-hydroxylation sites is 1. The summed E-state index contributed by atoms with van der Waals surface area (Å²) in [5, 5.41) is 1.17. The number of aromatic nitrogens is 2. The smallest absolute Gasteiger partial charge is 0.160 e. The molecule has 5 aromatic carbocycles. The molecule has 0 saturated heterocycles. The lowest BCUT2D eigenvalue weighted by Gasteiger charge is -2.17. The topological polar surface area (TPSA) is 38.1 Å². The molecule has 0 aliphatic carbocycles. The number of aliphatic imine (C=N–C) groups is 1.